The van der Waals surface area contributed by atoms with Gasteiger partial charge in [0.2, 0.25) is 0 Å². The lowest BCUT2D eigenvalue weighted by atomic mass is 10.1. The zero-order valence-electron chi connectivity index (χ0n) is 12.7. The smallest absolute Gasteiger partial charge is 0.270 e. The van der Waals surface area contributed by atoms with E-state index in [1.165, 1.54) is 12.1 Å². The number of non-ortho nitro benzene ring substituents is 1. The molecular weight excluding hydrogens is 386 g/mol. The minimum Gasteiger partial charge on any atom is -0.457 e. The van der Waals surface area contributed by atoms with Crippen LogP contribution in [0.15, 0.2) is 63.6 Å². The standard InChI is InChI=1S/C18H10BrN3O3/c19-16-10-13(22(23)24)4-6-15(16)18-7-5-14(25-18)9-12(11-20)17-3-1-2-8-21-17/h1-10H/b12-9+. The van der Waals surface area contributed by atoms with E-state index in [2.05, 4.69) is 27.0 Å². The molecule has 0 amide bonds. The Bertz CT molecular complexity index is 1000. The molecule has 25 heavy (non-hydrogen) atoms. The van der Waals surface area contributed by atoms with E-state index in [9.17, 15) is 15.4 Å². The van der Waals surface area contributed by atoms with Crippen LogP contribution in [0.25, 0.3) is 23.0 Å². The Morgan fingerprint density at radius 2 is 2.12 bits per heavy atom. The van der Waals surface area contributed by atoms with E-state index in [0.717, 1.165) is 0 Å². The lowest BCUT2D eigenvalue weighted by Gasteiger charge is -2.01. The van der Waals surface area contributed by atoms with Gasteiger partial charge in [0.05, 0.1) is 16.2 Å². The van der Waals surface area contributed by atoms with Gasteiger partial charge in [-0.3, -0.25) is 15.1 Å². The summed E-state index contributed by atoms with van der Waals surface area (Å²) in [6.07, 6.45) is 3.22. The van der Waals surface area contributed by atoms with Crippen molar-refractivity contribution in [1.29, 1.82) is 5.26 Å². The highest BCUT2D eigenvalue weighted by Crippen LogP contribution is 2.33. The van der Waals surface area contributed by atoms with Crippen LogP contribution >= 0.6 is 15.9 Å². The van der Waals surface area contributed by atoms with Gasteiger partial charge < -0.3 is 4.42 Å². The number of nitrogens with zero attached hydrogens (tertiary/aromatic N) is 3. The third kappa shape index (κ3) is 3.65. The fourth-order valence-electron chi connectivity index (χ4n) is 2.22. The Morgan fingerprint density at radius 1 is 1.28 bits per heavy atom. The summed E-state index contributed by atoms with van der Waals surface area (Å²) in [6.45, 7) is 0. The summed E-state index contributed by atoms with van der Waals surface area (Å²) >= 11 is 3.32. The van der Waals surface area contributed by atoms with Gasteiger partial charge in [-0.1, -0.05) is 6.07 Å². The highest BCUT2D eigenvalue weighted by molar-refractivity contribution is 9.10. The highest BCUT2D eigenvalue weighted by Gasteiger charge is 2.13. The molecule has 0 aliphatic carbocycles. The molecule has 0 spiro atoms. The normalized spacial score (nSPS) is 11.1. The molecule has 7 heteroatoms. The van der Waals surface area contributed by atoms with Gasteiger partial charge >= 0.3 is 0 Å². The van der Waals surface area contributed by atoms with Crippen molar-refractivity contribution >= 4 is 33.3 Å². The molecule has 122 valence electrons. The first-order valence-corrected chi connectivity index (χ1v) is 7.95. The monoisotopic (exact) mass is 395 g/mol. The maximum Gasteiger partial charge on any atom is 0.270 e. The number of nitriles is 1. The summed E-state index contributed by atoms with van der Waals surface area (Å²) in [7, 11) is 0. The van der Waals surface area contributed by atoms with Crippen LogP contribution in [0.1, 0.15) is 11.5 Å². The summed E-state index contributed by atoms with van der Waals surface area (Å²) in [5.41, 5.74) is 1.61. The number of benzene rings is 1. The maximum absolute atomic E-state index is 10.8. The summed E-state index contributed by atoms with van der Waals surface area (Å²) < 4.78 is 6.30. The molecular formula is C18H10BrN3O3. The number of nitro benzene ring substituents is 1. The lowest BCUT2D eigenvalue weighted by Crippen LogP contribution is -1.88. The van der Waals surface area contributed by atoms with E-state index < -0.39 is 4.92 Å². The second-order valence-corrected chi connectivity index (χ2v) is 5.86. The van der Waals surface area contributed by atoms with Crippen LogP contribution in [-0.2, 0) is 0 Å². The van der Waals surface area contributed by atoms with E-state index in [1.807, 2.05) is 0 Å². The molecule has 6 nitrogen and oxygen atoms in total. The first-order chi connectivity index (χ1) is 12.1. The third-order valence-electron chi connectivity index (χ3n) is 3.40. The number of furan rings is 1. The molecule has 0 atom stereocenters. The second kappa shape index (κ2) is 7.11. The summed E-state index contributed by atoms with van der Waals surface area (Å²) in [4.78, 5) is 14.5. The second-order valence-electron chi connectivity index (χ2n) is 5.01. The number of aromatic nitrogens is 1. The van der Waals surface area contributed by atoms with Gasteiger partial charge in [-0.05, 0) is 46.3 Å². The van der Waals surface area contributed by atoms with E-state index in [4.69, 9.17) is 4.42 Å². The Balaban J connectivity index is 1.94. The molecule has 0 aliphatic heterocycles. The van der Waals surface area contributed by atoms with Crippen LogP contribution < -0.4 is 0 Å². The van der Waals surface area contributed by atoms with Crippen LogP contribution in [0.4, 0.5) is 5.69 Å². The number of nitro groups is 1. The van der Waals surface area contributed by atoms with Crippen molar-refractivity contribution in [2.24, 2.45) is 0 Å². The van der Waals surface area contributed by atoms with Gasteiger partial charge in [-0.2, -0.15) is 5.26 Å². The Kier molecular flexibility index (Phi) is 4.73. The maximum atomic E-state index is 10.8. The number of hydrogen-bond donors (Lipinski definition) is 0. The Labute approximate surface area is 151 Å². The van der Waals surface area contributed by atoms with Gasteiger partial charge in [-0.25, -0.2) is 0 Å². The average Bonchev–Trinajstić information content (AvgIpc) is 3.08. The van der Waals surface area contributed by atoms with Crippen LogP contribution in [0.3, 0.4) is 0 Å². The van der Waals surface area contributed by atoms with Gasteiger partial charge in [0, 0.05) is 34.4 Å². The van der Waals surface area contributed by atoms with Crippen molar-refractivity contribution in [3.63, 3.8) is 0 Å². The minimum absolute atomic E-state index is 0.00998. The molecule has 0 saturated heterocycles. The molecule has 3 rings (SSSR count). The van der Waals surface area contributed by atoms with Crippen LogP contribution in [0.5, 0.6) is 0 Å². The first-order valence-electron chi connectivity index (χ1n) is 7.16. The average molecular weight is 396 g/mol. The van der Waals surface area contributed by atoms with E-state index in [-0.39, 0.29) is 5.69 Å². The summed E-state index contributed by atoms with van der Waals surface area (Å²) in [6, 6.07) is 15.3. The van der Waals surface area contributed by atoms with Crippen LogP contribution in [0, 0.1) is 21.4 Å². The molecule has 0 fully saturated rings. The molecule has 1 aromatic carbocycles. The van der Waals surface area contributed by atoms with Gasteiger partial charge in [-0.15, -0.1) is 0 Å². The third-order valence-corrected chi connectivity index (χ3v) is 4.06. The number of rotatable bonds is 4. The fraction of sp³-hybridized carbons (Fsp3) is 0. The Morgan fingerprint density at radius 3 is 2.76 bits per heavy atom. The number of pyridine rings is 1. The first kappa shape index (κ1) is 16.6. The molecule has 0 radical (unpaired) electrons. The zero-order chi connectivity index (χ0) is 17.8. The molecule has 0 N–H and O–H groups in total. The lowest BCUT2D eigenvalue weighted by molar-refractivity contribution is -0.384. The van der Waals surface area contributed by atoms with Crippen LogP contribution in [0.2, 0.25) is 0 Å². The minimum atomic E-state index is -0.461. The fourth-order valence-corrected chi connectivity index (χ4v) is 2.78. The highest BCUT2D eigenvalue weighted by atomic mass is 79.9. The summed E-state index contributed by atoms with van der Waals surface area (Å²) in [5.74, 6) is 1.02. The quantitative estimate of drug-likeness (QED) is 0.348. The van der Waals surface area contributed by atoms with E-state index in [0.29, 0.717) is 32.8 Å². The number of halogens is 1. The zero-order valence-corrected chi connectivity index (χ0v) is 14.3. The van der Waals surface area contributed by atoms with Crippen molar-refractivity contribution in [3.05, 3.63) is 80.8 Å². The predicted octanol–water partition coefficient (Wildman–Crippen LogP) is 5.08. The van der Waals surface area contributed by atoms with E-state index >= 15 is 0 Å². The molecule has 0 unspecified atom stereocenters. The largest absolute Gasteiger partial charge is 0.457 e. The molecule has 0 aliphatic rings. The van der Waals surface area contributed by atoms with Crippen molar-refractivity contribution in [3.8, 4) is 17.4 Å². The number of allylic oxidation sites excluding steroid dienone is 1. The van der Waals surface area contributed by atoms with Crippen molar-refractivity contribution in [2.75, 3.05) is 0 Å². The van der Waals surface area contributed by atoms with Crippen molar-refractivity contribution in [1.82, 2.24) is 4.98 Å². The van der Waals surface area contributed by atoms with Crippen molar-refractivity contribution in [2.45, 2.75) is 0 Å². The molecule has 2 aromatic heterocycles. The van der Waals surface area contributed by atoms with Gasteiger partial charge in [0.25, 0.3) is 5.69 Å². The van der Waals surface area contributed by atoms with Gasteiger partial charge in [0.1, 0.15) is 17.6 Å². The Hall–Kier alpha value is -3.24. The van der Waals surface area contributed by atoms with Gasteiger partial charge in [0.15, 0.2) is 0 Å². The molecule has 3 aromatic rings. The number of hydrogen-bond acceptors (Lipinski definition) is 5. The predicted molar refractivity (Wildman–Crippen MR) is 96.2 cm³/mol. The molecule has 2 heterocycles. The topological polar surface area (TPSA) is 93.0 Å². The van der Waals surface area contributed by atoms with Crippen LogP contribution in [-0.4, -0.2) is 9.91 Å². The summed E-state index contributed by atoms with van der Waals surface area (Å²) in [5, 5.41) is 20.1. The van der Waals surface area contributed by atoms with Crippen molar-refractivity contribution < 1.29 is 9.34 Å². The molecule has 0 bridgehead atoms. The SMILES string of the molecule is N#C/C(=C\c1ccc(-c2ccc([N+](=O)[O-])cc2Br)o1)c1ccccn1. The van der Waals surface area contributed by atoms with E-state index in [1.54, 1.807) is 48.7 Å². The molecule has 0 saturated carbocycles.